The number of carboxylic acids is 1. The summed E-state index contributed by atoms with van der Waals surface area (Å²) in [6.45, 7) is 2.41. The summed E-state index contributed by atoms with van der Waals surface area (Å²) in [4.78, 5) is 45.8. The Kier molecular flexibility index (Phi) is 35.1. The summed E-state index contributed by atoms with van der Waals surface area (Å²) in [6, 6.07) is -1.55. The molecule has 14 heteroatoms. The smallest absolute Gasteiger partial charge is 0.472 e. The van der Waals surface area contributed by atoms with Crippen LogP contribution in [0.2, 0.25) is 0 Å². The molecule has 0 spiro atoms. The minimum absolute atomic E-state index is 0.0225. The van der Waals surface area contributed by atoms with E-state index in [9.17, 15) is 34.1 Å². The first-order valence-electron chi connectivity index (χ1n) is 20.7. The van der Waals surface area contributed by atoms with Gasteiger partial charge in [-0.25, -0.2) is 4.57 Å². The van der Waals surface area contributed by atoms with Gasteiger partial charge < -0.3 is 35.4 Å². The van der Waals surface area contributed by atoms with Crippen LogP contribution in [0.25, 0.3) is 0 Å². The Morgan fingerprint density at radius 1 is 0.649 bits per heavy atom. The molecule has 0 bridgehead atoms. The van der Waals surface area contributed by atoms with Crippen LogP contribution in [0.1, 0.15) is 136 Å². The highest BCUT2D eigenvalue weighted by atomic mass is 31.2. The van der Waals surface area contributed by atoms with Gasteiger partial charge in [0.25, 0.3) is 0 Å². The molecular weight excluding hydrogens is 753 g/mol. The van der Waals surface area contributed by atoms with Crippen molar-refractivity contribution in [2.45, 2.75) is 160 Å². The molecule has 0 aliphatic rings. The van der Waals surface area contributed by atoms with Crippen molar-refractivity contribution < 1.29 is 57.7 Å². The van der Waals surface area contributed by atoms with Crippen molar-refractivity contribution in [2.75, 3.05) is 19.8 Å². The average Bonchev–Trinajstić information content (AvgIpc) is 3.17. The fourth-order valence-corrected chi connectivity index (χ4v) is 5.87. The molecule has 0 aromatic rings. The second-order valence-electron chi connectivity index (χ2n) is 13.8. The first-order valence-corrected chi connectivity index (χ1v) is 22.2. The Hall–Kier alpha value is -3.16. The largest absolute Gasteiger partial charge is 0.480 e. The summed E-state index contributed by atoms with van der Waals surface area (Å²) in [5.41, 5.74) is 5.31. The van der Waals surface area contributed by atoms with Gasteiger partial charge in [-0.15, -0.1) is 0 Å². The number of rotatable bonds is 37. The number of phosphoric acid groups is 1. The standard InChI is InChI=1S/C43H72NO12P/c1-3-5-7-8-9-10-11-12-13-14-18-26-32-41(47)53-34-39(35-54-57(51,52)55-36-40(44)43(49)50)56-42(48)33-27-19-16-15-17-23-29-38(46)31-25-21-20-24-30-37(45)28-22-6-4-2/h6,16-17,19-25,30-31,37-40,45-46H,3-5,7-15,18,26-29,32-36,44H2,1-2H3,(H,49,50)(H,51,52)/b19-16-,21-20-,22-6-,23-17-,30-24+,31-25+/t37-,38+,39+,40-/m0/s1. The lowest BCUT2D eigenvalue weighted by molar-refractivity contribution is -0.161. The zero-order valence-electron chi connectivity index (χ0n) is 34.4. The average molecular weight is 826 g/mol. The maximum atomic E-state index is 12.6. The van der Waals surface area contributed by atoms with E-state index < -0.39 is 69.9 Å². The number of carboxylic acid groups (broad SMARTS) is 1. The molecule has 6 N–H and O–H groups in total. The van der Waals surface area contributed by atoms with Crippen molar-refractivity contribution in [2.24, 2.45) is 5.73 Å². The van der Waals surface area contributed by atoms with E-state index in [0.717, 1.165) is 25.7 Å². The van der Waals surface area contributed by atoms with Crippen LogP contribution >= 0.6 is 7.82 Å². The summed E-state index contributed by atoms with van der Waals surface area (Å²) in [7, 11) is -4.76. The molecule has 5 atom stereocenters. The number of phosphoric ester groups is 1. The Morgan fingerprint density at radius 3 is 1.74 bits per heavy atom. The molecule has 0 heterocycles. The molecule has 57 heavy (non-hydrogen) atoms. The van der Waals surface area contributed by atoms with Crippen LogP contribution in [0.15, 0.2) is 72.9 Å². The number of aliphatic hydroxyl groups is 2. The summed E-state index contributed by atoms with van der Waals surface area (Å²) in [5, 5.41) is 28.8. The van der Waals surface area contributed by atoms with Crippen LogP contribution in [0, 0.1) is 0 Å². The number of hydrogen-bond donors (Lipinski definition) is 5. The summed E-state index contributed by atoms with van der Waals surface area (Å²) >= 11 is 0. The minimum atomic E-state index is -4.76. The Balaban J connectivity index is 4.66. The second kappa shape index (κ2) is 37.1. The molecule has 0 radical (unpaired) electrons. The summed E-state index contributed by atoms with van der Waals surface area (Å²) in [5.74, 6) is -2.58. The van der Waals surface area contributed by atoms with Crippen LogP contribution in [0.3, 0.4) is 0 Å². The molecule has 0 amide bonds. The summed E-state index contributed by atoms with van der Waals surface area (Å²) in [6.07, 6.45) is 36.2. The molecular formula is C43H72NO12P. The molecule has 1 unspecified atom stereocenters. The second-order valence-corrected chi connectivity index (χ2v) is 15.2. The van der Waals surface area contributed by atoms with Gasteiger partial charge in [-0.05, 0) is 38.5 Å². The molecule has 0 aromatic carbocycles. The number of hydrogen-bond acceptors (Lipinski definition) is 11. The number of nitrogens with two attached hydrogens (primary N) is 1. The SMILES string of the molecule is CC/C=C\C[C@H](O)/C=C/C=C\C=C\[C@H](O)C/C=C\C/C=C\CCC(=O)O[C@H](COC(=O)CCCCCCCCCCCCCC)COP(=O)(O)OC[C@H](N)C(=O)O. The predicted molar refractivity (Wildman–Crippen MR) is 224 cm³/mol. The first-order chi connectivity index (χ1) is 27.4. The molecule has 326 valence electrons. The van der Waals surface area contributed by atoms with Crippen molar-refractivity contribution >= 4 is 25.7 Å². The lowest BCUT2D eigenvalue weighted by atomic mass is 10.0. The van der Waals surface area contributed by atoms with E-state index in [-0.39, 0.29) is 12.8 Å². The van der Waals surface area contributed by atoms with E-state index in [1.54, 1.807) is 42.5 Å². The summed E-state index contributed by atoms with van der Waals surface area (Å²) < 4.78 is 32.5. The Bertz CT molecular complexity index is 1280. The van der Waals surface area contributed by atoms with Gasteiger partial charge in [-0.1, -0.05) is 157 Å². The van der Waals surface area contributed by atoms with E-state index in [2.05, 4.69) is 11.4 Å². The van der Waals surface area contributed by atoms with Crippen LogP contribution in [-0.4, -0.2) is 82.3 Å². The molecule has 13 nitrogen and oxygen atoms in total. The van der Waals surface area contributed by atoms with E-state index >= 15 is 0 Å². The number of esters is 2. The number of ether oxygens (including phenoxy) is 2. The number of carbonyl (C=O) groups excluding carboxylic acids is 2. The third-order valence-electron chi connectivity index (χ3n) is 8.40. The molecule has 0 aliphatic heterocycles. The quantitative estimate of drug-likeness (QED) is 0.0131. The molecule has 0 aliphatic carbocycles. The molecule has 0 saturated heterocycles. The number of carbonyl (C=O) groups is 3. The molecule has 0 saturated carbocycles. The zero-order chi connectivity index (χ0) is 42.4. The molecule has 0 rings (SSSR count). The fraction of sp³-hybridized carbons (Fsp3) is 0.651. The fourth-order valence-electron chi connectivity index (χ4n) is 5.09. The zero-order valence-corrected chi connectivity index (χ0v) is 35.3. The monoisotopic (exact) mass is 825 g/mol. The van der Waals surface area contributed by atoms with Crippen LogP contribution < -0.4 is 5.73 Å². The first kappa shape index (κ1) is 53.8. The van der Waals surface area contributed by atoms with Gasteiger partial charge in [0.05, 0.1) is 25.4 Å². The van der Waals surface area contributed by atoms with Crippen molar-refractivity contribution in [1.29, 1.82) is 0 Å². The number of allylic oxidation sites excluding steroid dienone is 8. The van der Waals surface area contributed by atoms with Gasteiger partial charge in [0, 0.05) is 12.8 Å². The third kappa shape index (κ3) is 36.9. The highest BCUT2D eigenvalue weighted by Gasteiger charge is 2.28. The van der Waals surface area contributed by atoms with E-state index in [4.69, 9.17) is 24.8 Å². The van der Waals surface area contributed by atoms with Crippen molar-refractivity contribution in [3.05, 3.63) is 72.9 Å². The highest BCUT2D eigenvalue weighted by Crippen LogP contribution is 2.43. The van der Waals surface area contributed by atoms with Gasteiger partial charge in [0.1, 0.15) is 12.6 Å². The lowest BCUT2D eigenvalue weighted by Crippen LogP contribution is -2.34. The van der Waals surface area contributed by atoms with Gasteiger partial charge >= 0.3 is 25.7 Å². The Morgan fingerprint density at radius 2 is 1.18 bits per heavy atom. The van der Waals surface area contributed by atoms with Crippen molar-refractivity contribution in [1.82, 2.24) is 0 Å². The van der Waals surface area contributed by atoms with Crippen molar-refractivity contribution in [3.63, 3.8) is 0 Å². The number of aliphatic hydroxyl groups excluding tert-OH is 2. The lowest BCUT2D eigenvalue weighted by Gasteiger charge is -2.20. The normalized spacial score (nSPS) is 15.6. The molecule has 0 aromatic heterocycles. The molecule has 0 fully saturated rings. The van der Waals surface area contributed by atoms with Gasteiger partial charge in [-0.2, -0.15) is 0 Å². The predicted octanol–water partition coefficient (Wildman–Crippen LogP) is 8.50. The highest BCUT2D eigenvalue weighted by molar-refractivity contribution is 7.47. The topological polar surface area (TPSA) is 212 Å². The Labute approximate surface area is 341 Å². The minimum Gasteiger partial charge on any atom is -0.480 e. The van der Waals surface area contributed by atoms with Crippen LogP contribution in [-0.2, 0) is 37.5 Å². The van der Waals surface area contributed by atoms with Gasteiger partial charge in [0.15, 0.2) is 6.10 Å². The van der Waals surface area contributed by atoms with Crippen LogP contribution in [0.5, 0.6) is 0 Å². The van der Waals surface area contributed by atoms with Crippen LogP contribution in [0.4, 0.5) is 0 Å². The van der Waals surface area contributed by atoms with Crippen molar-refractivity contribution in [3.8, 4) is 0 Å². The van der Waals surface area contributed by atoms with E-state index in [1.165, 1.54) is 51.4 Å². The maximum Gasteiger partial charge on any atom is 0.472 e. The van der Waals surface area contributed by atoms with Gasteiger partial charge in [-0.3, -0.25) is 23.4 Å². The maximum absolute atomic E-state index is 12.6. The number of unbranched alkanes of at least 4 members (excludes halogenated alkanes) is 11. The van der Waals surface area contributed by atoms with E-state index in [0.29, 0.717) is 32.1 Å². The van der Waals surface area contributed by atoms with Gasteiger partial charge in [0.2, 0.25) is 0 Å². The number of aliphatic carboxylic acids is 1. The third-order valence-corrected chi connectivity index (χ3v) is 9.35. The van der Waals surface area contributed by atoms with E-state index in [1.807, 2.05) is 37.3 Å².